The van der Waals surface area contributed by atoms with E-state index in [4.69, 9.17) is 27.9 Å². The number of carbonyl (C=O) groups excluding carboxylic acids is 1. The first kappa shape index (κ1) is 15.2. The summed E-state index contributed by atoms with van der Waals surface area (Å²) in [6.07, 6.45) is -0.506. The van der Waals surface area contributed by atoms with E-state index >= 15 is 0 Å². The number of amides is 2. The summed E-state index contributed by atoms with van der Waals surface area (Å²) in [5, 5.41) is 3.88. The van der Waals surface area contributed by atoms with Crippen molar-refractivity contribution in [2.45, 2.75) is 6.23 Å². The van der Waals surface area contributed by atoms with E-state index in [0.29, 0.717) is 23.2 Å². The Kier molecular flexibility index (Phi) is 4.52. The van der Waals surface area contributed by atoms with Gasteiger partial charge in [-0.25, -0.2) is 4.79 Å². The summed E-state index contributed by atoms with van der Waals surface area (Å²) in [4.78, 5) is 14.1. The van der Waals surface area contributed by atoms with Crippen molar-refractivity contribution < 1.29 is 9.53 Å². The summed E-state index contributed by atoms with van der Waals surface area (Å²) < 4.78 is 5.67. The summed E-state index contributed by atoms with van der Waals surface area (Å²) in [7, 11) is 0. The first-order chi connectivity index (χ1) is 10.6. The fourth-order valence-electron chi connectivity index (χ4n) is 2.35. The monoisotopic (exact) mass is 336 g/mol. The van der Waals surface area contributed by atoms with E-state index in [-0.39, 0.29) is 6.03 Å². The third kappa shape index (κ3) is 3.19. The molecule has 2 amide bonds. The molecule has 0 radical (unpaired) electrons. The Hall–Kier alpha value is -1.75. The average molecular weight is 337 g/mol. The zero-order chi connectivity index (χ0) is 15.5. The van der Waals surface area contributed by atoms with Gasteiger partial charge in [-0.3, -0.25) is 4.90 Å². The highest BCUT2D eigenvalue weighted by Gasteiger charge is 2.32. The van der Waals surface area contributed by atoms with Crippen molar-refractivity contribution >= 4 is 34.9 Å². The number of hydrogen-bond acceptors (Lipinski definition) is 2. The van der Waals surface area contributed by atoms with Gasteiger partial charge in [-0.2, -0.15) is 0 Å². The van der Waals surface area contributed by atoms with Crippen LogP contribution in [0.3, 0.4) is 0 Å². The maximum absolute atomic E-state index is 12.4. The highest BCUT2D eigenvalue weighted by atomic mass is 35.5. The number of ether oxygens (including phenoxy) is 1. The van der Waals surface area contributed by atoms with Gasteiger partial charge in [0.2, 0.25) is 0 Å². The number of nitrogens with one attached hydrogen (secondary N) is 1. The van der Waals surface area contributed by atoms with Gasteiger partial charge in [0, 0.05) is 27.8 Å². The van der Waals surface area contributed by atoms with Gasteiger partial charge in [0.1, 0.15) is 0 Å². The lowest BCUT2D eigenvalue weighted by Gasteiger charge is -2.24. The van der Waals surface area contributed by atoms with E-state index < -0.39 is 6.23 Å². The van der Waals surface area contributed by atoms with Crippen LogP contribution in [0.4, 0.5) is 10.5 Å². The zero-order valence-electron chi connectivity index (χ0n) is 11.6. The number of benzene rings is 2. The Morgan fingerprint density at radius 1 is 1.18 bits per heavy atom. The highest BCUT2D eigenvalue weighted by Crippen LogP contribution is 2.33. The number of para-hydroxylation sites is 1. The number of nitrogens with zero attached hydrogens (tertiary/aromatic N) is 1. The Balaban J connectivity index is 1.79. The van der Waals surface area contributed by atoms with Gasteiger partial charge in [0.15, 0.2) is 6.23 Å². The van der Waals surface area contributed by atoms with Crippen LogP contribution in [0.1, 0.15) is 11.8 Å². The lowest BCUT2D eigenvalue weighted by Crippen LogP contribution is -2.35. The van der Waals surface area contributed by atoms with Gasteiger partial charge < -0.3 is 10.1 Å². The molecule has 1 unspecified atom stereocenters. The van der Waals surface area contributed by atoms with Crippen molar-refractivity contribution in [3.63, 3.8) is 0 Å². The molecule has 1 N–H and O–H groups in total. The summed E-state index contributed by atoms with van der Waals surface area (Å²) in [5.74, 6) is 0. The third-order valence-corrected chi connectivity index (χ3v) is 3.97. The van der Waals surface area contributed by atoms with Crippen molar-refractivity contribution in [3.05, 3.63) is 64.1 Å². The second-order valence-electron chi connectivity index (χ2n) is 4.88. The van der Waals surface area contributed by atoms with Crippen LogP contribution >= 0.6 is 23.2 Å². The number of urea groups is 1. The van der Waals surface area contributed by atoms with Gasteiger partial charge in [-0.05, 0) is 24.3 Å². The van der Waals surface area contributed by atoms with Crippen LogP contribution in [-0.2, 0) is 4.74 Å². The van der Waals surface area contributed by atoms with Crippen LogP contribution in [0, 0.1) is 0 Å². The van der Waals surface area contributed by atoms with Crippen LogP contribution in [0.5, 0.6) is 0 Å². The Bertz CT molecular complexity index is 679. The van der Waals surface area contributed by atoms with E-state index in [0.717, 1.165) is 11.3 Å². The first-order valence-corrected chi connectivity index (χ1v) is 7.60. The Morgan fingerprint density at radius 2 is 1.95 bits per heavy atom. The predicted molar refractivity (Wildman–Crippen MR) is 87.3 cm³/mol. The molecule has 1 fully saturated rings. The number of anilines is 1. The second kappa shape index (κ2) is 6.57. The van der Waals surface area contributed by atoms with Crippen LogP contribution in [0.15, 0.2) is 48.5 Å². The maximum Gasteiger partial charge on any atom is 0.324 e. The molecule has 1 saturated heterocycles. The topological polar surface area (TPSA) is 41.6 Å². The molecule has 0 aliphatic carbocycles. The minimum atomic E-state index is -0.506. The fourth-order valence-corrected chi connectivity index (χ4v) is 2.86. The molecule has 0 spiro atoms. The molecule has 6 heteroatoms. The summed E-state index contributed by atoms with van der Waals surface area (Å²) in [6.45, 7) is 0.966. The van der Waals surface area contributed by atoms with Crippen LogP contribution in [0.2, 0.25) is 10.0 Å². The van der Waals surface area contributed by atoms with Crippen molar-refractivity contribution in [1.29, 1.82) is 0 Å². The molecule has 1 atom stereocenters. The van der Waals surface area contributed by atoms with Crippen molar-refractivity contribution in [2.75, 3.05) is 18.5 Å². The van der Waals surface area contributed by atoms with Gasteiger partial charge in [0.25, 0.3) is 0 Å². The highest BCUT2D eigenvalue weighted by molar-refractivity contribution is 6.35. The maximum atomic E-state index is 12.4. The molecule has 1 aliphatic heterocycles. The molecule has 0 bridgehead atoms. The van der Waals surface area contributed by atoms with E-state index in [1.165, 1.54) is 0 Å². The zero-order valence-corrected chi connectivity index (χ0v) is 13.1. The molecule has 1 heterocycles. The quantitative estimate of drug-likeness (QED) is 0.873. The van der Waals surface area contributed by atoms with Gasteiger partial charge >= 0.3 is 6.03 Å². The van der Waals surface area contributed by atoms with Crippen LogP contribution in [-0.4, -0.2) is 24.1 Å². The van der Waals surface area contributed by atoms with Gasteiger partial charge in [-0.15, -0.1) is 0 Å². The summed E-state index contributed by atoms with van der Waals surface area (Å²) in [5.41, 5.74) is 1.46. The van der Waals surface area contributed by atoms with Crippen LogP contribution < -0.4 is 5.32 Å². The molecule has 2 aromatic rings. The van der Waals surface area contributed by atoms with Crippen molar-refractivity contribution in [3.8, 4) is 0 Å². The van der Waals surface area contributed by atoms with Crippen molar-refractivity contribution in [2.24, 2.45) is 0 Å². The van der Waals surface area contributed by atoms with E-state index in [9.17, 15) is 4.79 Å². The minimum absolute atomic E-state index is 0.222. The number of rotatable bonds is 2. The molecule has 0 saturated carbocycles. The van der Waals surface area contributed by atoms with E-state index in [1.54, 1.807) is 23.1 Å². The first-order valence-electron chi connectivity index (χ1n) is 6.84. The summed E-state index contributed by atoms with van der Waals surface area (Å²) >= 11 is 12.1. The molecular weight excluding hydrogens is 323 g/mol. The normalized spacial score (nSPS) is 17.5. The average Bonchev–Trinajstić information content (AvgIpc) is 2.97. The smallest absolute Gasteiger partial charge is 0.324 e. The lowest BCUT2D eigenvalue weighted by molar-refractivity contribution is 0.0523. The number of halogens is 2. The molecule has 22 heavy (non-hydrogen) atoms. The Labute approximate surface area is 138 Å². The molecule has 2 aromatic carbocycles. The van der Waals surface area contributed by atoms with Gasteiger partial charge in [0.05, 0.1) is 6.61 Å². The molecule has 4 nitrogen and oxygen atoms in total. The van der Waals surface area contributed by atoms with E-state index in [2.05, 4.69) is 5.32 Å². The van der Waals surface area contributed by atoms with E-state index in [1.807, 2.05) is 30.3 Å². The van der Waals surface area contributed by atoms with Gasteiger partial charge in [-0.1, -0.05) is 47.5 Å². The van der Waals surface area contributed by atoms with Crippen LogP contribution in [0.25, 0.3) is 0 Å². The molecule has 0 aromatic heterocycles. The molecule has 1 aliphatic rings. The fraction of sp³-hybridized carbons (Fsp3) is 0.188. The van der Waals surface area contributed by atoms with Crippen molar-refractivity contribution in [1.82, 2.24) is 4.90 Å². The largest absolute Gasteiger partial charge is 0.352 e. The Morgan fingerprint density at radius 3 is 2.68 bits per heavy atom. The number of carbonyl (C=O) groups is 1. The lowest BCUT2D eigenvalue weighted by atomic mass is 10.2. The molecular formula is C16H14Cl2N2O2. The number of hydrogen-bond donors (Lipinski definition) is 1. The molecule has 114 valence electrons. The SMILES string of the molecule is O=C(Nc1ccccc1)N1CCOC1c1ccc(Cl)cc1Cl. The standard InChI is InChI=1S/C16H14Cl2N2O2/c17-11-6-7-13(14(18)10-11)15-20(8-9-22-15)16(21)19-12-4-2-1-3-5-12/h1-7,10,15H,8-9H2,(H,19,21). The minimum Gasteiger partial charge on any atom is -0.352 e. The third-order valence-electron chi connectivity index (χ3n) is 3.41. The summed E-state index contributed by atoms with van der Waals surface area (Å²) in [6, 6.07) is 14.2. The second-order valence-corrected chi connectivity index (χ2v) is 5.72. The predicted octanol–water partition coefficient (Wildman–Crippen LogP) is 4.56. The molecule has 3 rings (SSSR count).